The zero-order valence-corrected chi connectivity index (χ0v) is 12.9. The van der Waals surface area contributed by atoms with Crippen LogP contribution in [0.5, 0.6) is 0 Å². The number of nitrogens with zero attached hydrogens (tertiary/aromatic N) is 2. The molecule has 0 saturated carbocycles. The summed E-state index contributed by atoms with van der Waals surface area (Å²) in [6.45, 7) is 2.22. The summed E-state index contributed by atoms with van der Waals surface area (Å²) >= 11 is 0. The number of nitrogens with one attached hydrogen (secondary N) is 1. The molecule has 1 aromatic carbocycles. The molecule has 4 heteroatoms. The Hall–Kier alpha value is -1.55. The van der Waals surface area contributed by atoms with Crippen LogP contribution in [0.15, 0.2) is 23.0 Å². The Labute approximate surface area is 120 Å². The van der Waals surface area contributed by atoms with Gasteiger partial charge in [0.05, 0.1) is 11.0 Å². The van der Waals surface area contributed by atoms with Crippen molar-refractivity contribution in [1.82, 2.24) is 14.5 Å². The van der Waals surface area contributed by atoms with Gasteiger partial charge in [0.1, 0.15) is 0 Å². The molecule has 0 bridgehead atoms. The van der Waals surface area contributed by atoms with E-state index in [2.05, 4.69) is 30.4 Å². The first-order valence-electron chi connectivity index (χ1n) is 7.42. The SMILES string of the molecule is CCCCCC(NC)c1ccc2c(c1)n(C)c(=O)n2C. The molecule has 0 aliphatic rings. The summed E-state index contributed by atoms with van der Waals surface area (Å²) < 4.78 is 3.42. The third-order valence-electron chi connectivity index (χ3n) is 4.14. The van der Waals surface area contributed by atoms with Crippen LogP contribution in [0.25, 0.3) is 11.0 Å². The van der Waals surface area contributed by atoms with Crippen molar-refractivity contribution in [1.29, 1.82) is 0 Å². The average Bonchev–Trinajstić information content (AvgIpc) is 2.68. The standard InChI is InChI=1S/C16H25N3O/c1-5-6-7-8-13(17-2)12-9-10-14-15(11-12)19(4)16(20)18(14)3/h9-11,13,17H,5-8H2,1-4H3. The van der Waals surface area contributed by atoms with Crippen molar-refractivity contribution in [2.75, 3.05) is 7.05 Å². The van der Waals surface area contributed by atoms with Gasteiger partial charge in [0.25, 0.3) is 0 Å². The highest BCUT2D eigenvalue weighted by Gasteiger charge is 2.13. The van der Waals surface area contributed by atoms with Crippen molar-refractivity contribution in [2.24, 2.45) is 14.1 Å². The van der Waals surface area contributed by atoms with Crippen molar-refractivity contribution in [3.63, 3.8) is 0 Å². The number of hydrogen-bond acceptors (Lipinski definition) is 2. The molecule has 2 aromatic rings. The fraction of sp³-hybridized carbons (Fsp3) is 0.562. The number of aromatic nitrogens is 2. The molecule has 0 radical (unpaired) electrons. The monoisotopic (exact) mass is 275 g/mol. The maximum absolute atomic E-state index is 12.0. The molecule has 0 fully saturated rings. The molecule has 0 aliphatic heterocycles. The van der Waals surface area contributed by atoms with Gasteiger partial charge in [-0.1, -0.05) is 32.3 Å². The largest absolute Gasteiger partial charge is 0.328 e. The normalized spacial score (nSPS) is 13.0. The minimum absolute atomic E-state index is 0.0316. The van der Waals surface area contributed by atoms with E-state index in [1.165, 1.54) is 24.8 Å². The molecule has 0 spiro atoms. The lowest BCUT2D eigenvalue weighted by molar-refractivity contribution is 0.512. The highest BCUT2D eigenvalue weighted by Crippen LogP contribution is 2.23. The van der Waals surface area contributed by atoms with Crippen molar-refractivity contribution in [3.8, 4) is 0 Å². The summed E-state index contributed by atoms with van der Waals surface area (Å²) in [5.41, 5.74) is 3.29. The Morgan fingerprint density at radius 2 is 1.85 bits per heavy atom. The molecule has 1 unspecified atom stereocenters. The number of benzene rings is 1. The van der Waals surface area contributed by atoms with Gasteiger partial charge in [0.2, 0.25) is 0 Å². The lowest BCUT2D eigenvalue weighted by Crippen LogP contribution is -2.19. The zero-order chi connectivity index (χ0) is 14.7. The highest BCUT2D eigenvalue weighted by atomic mass is 16.1. The maximum atomic E-state index is 12.0. The average molecular weight is 275 g/mol. The van der Waals surface area contributed by atoms with Gasteiger partial charge in [0.15, 0.2) is 0 Å². The van der Waals surface area contributed by atoms with Crippen LogP contribution in [-0.4, -0.2) is 16.2 Å². The number of imidazole rings is 1. The second-order valence-corrected chi connectivity index (χ2v) is 5.49. The number of rotatable bonds is 6. The molecular formula is C16H25N3O. The third kappa shape index (κ3) is 2.66. The van der Waals surface area contributed by atoms with Crippen LogP contribution in [0.1, 0.15) is 44.2 Å². The van der Waals surface area contributed by atoms with E-state index in [1.54, 1.807) is 9.13 Å². The summed E-state index contributed by atoms with van der Waals surface area (Å²) in [5, 5.41) is 3.39. The van der Waals surface area contributed by atoms with Gasteiger partial charge in [0, 0.05) is 20.1 Å². The number of aryl methyl sites for hydroxylation is 2. The van der Waals surface area contributed by atoms with Crippen molar-refractivity contribution in [2.45, 2.75) is 38.6 Å². The topological polar surface area (TPSA) is 39.0 Å². The van der Waals surface area contributed by atoms with E-state index in [0.29, 0.717) is 6.04 Å². The number of hydrogen-bond donors (Lipinski definition) is 1. The molecule has 110 valence electrons. The maximum Gasteiger partial charge on any atom is 0.328 e. The van der Waals surface area contributed by atoms with Gasteiger partial charge in [-0.25, -0.2) is 4.79 Å². The second kappa shape index (κ2) is 6.27. The molecule has 1 aromatic heterocycles. The van der Waals surface area contributed by atoms with Gasteiger partial charge < -0.3 is 5.32 Å². The molecule has 0 saturated heterocycles. The van der Waals surface area contributed by atoms with Crippen molar-refractivity contribution >= 4 is 11.0 Å². The first-order valence-corrected chi connectivity index (χ1v) is 7.42. The summed E-state index contributed by atoms with van der Waals surface area (Å²) in [5.74, 6) is 0. The Kier molecular flexibility index (Phi) is 4.65. The molecule has 1 N–H and O–H groups in total. The quantitative estimate of drug-likeness (QED) is 0.823. The van der Waals surface area contributed by atoms with E-state index in [0.717, 1.165) is 17.5 Å². The first kappa shape index (κ1) is 14.9. The van der Waals surface area contributed by atoms with E-state index < -0.39 is 0 Å². The highest BCUT2D eigenvalue weighted by molar-refractivity contribution is 5.77. The predicted octanol–water partition coefficient (Wildman–Crippen LogP) is 2.72. The summed E-state index contributed by atoms with van der Waals surface area (Å²) in [6.07, 6.45) is 4.87. The molecule has 1 heterocycles. The van der Waals surface area contributed by atoms with E-state index in [9.17, 15) is 4.79 Å². The Balaban J connectivity index is 2.35. The minimum Gasteiger partial charge on any atom is -0.313 e. The summed E-state index contributed by atoms with van der Waals surface area (Å²) in [4.78, 5) is 12.0. The molecule has 4 nitrogen and oxygen atoms in total. The van der Waals surface area contributed by atoms with Gasteiger partial charge in [-0.2, -0.15) is 0 Å². The molecule has 0 aliphatic carbocycles. The Morgan fingerprint density at radius 1 is 1.15 bits per heavy atom. The molecular weight excluding hydrogens is 250 g/mol. The van der Waals surface area contributed by atoms with Crippen LogP contribution in [0.4, 0.5) is 0 Å². The van der Waals surface area contributed by atoms with Gasteiger partial charge in [-0.3, -0.25) is 9.13 Å². The van der Waals surface area contributed by atoms with Crippen molar-refractivity contribution in [3.05, 3.63) is 34.2 Å². The Bertz CT molecular complexity index is 639. The third-order valence-corrected chi connectivity index (χ3v) is 4.14. The molecule has 2 rings (SSSR count). The summed E-state index contributed by atoms with van der Waals surface area (Å²) in [6, 6.07) is 6.69. The number of unbranched alkanes of at least 4 members (excludes halogenated alkanes) is 2. The predicted molar refractivity (Wildman–Crippen MR) is 84.1 cm³/mol. The van der Waals surface area contributed by atoms with Crippen molar-refractivity contribution < 1.29 is 0 Å². The van der Waals surface area contributed by atoms with Crippen LogP contribution in [0.3, 0.4) is 0 Å². The van der Waals surface area contributed by atoms with Crippen LogP contribution in [0.2, 0.25) is 0 Å². The minimum atomic E-state index is 0.0316. The van der Waals surface area contributed by atoms with Gasteiger partial charge in [-0.05, 0) is 31.2 Å². The molecule has 0 amide bonds. The Morgan fingerprint density at radius 3 is 2.50 bits per heavy atom. The van der Waals surface area contributed by atoms with E-state index in [4.69, 9.17) is 0 Å². The molecule has 1 atom stereocenters. The van der Waals surface area contributed by atoms with E-state index >= 15 is 0 Å². The fourth-order valence-corrected chi connectivity index (χ4v) is 2.82. The number of fused-ring (bicyclic) bond motifs is 1. The van der Waals surface area contributed by atoms with Gasteiger partial charge >= 0.3 is 5.69 Å². The lowest BCUT2D eigenvalue weighted by atomic mass is 10.00. The van der Waals surface area contributed by atoms with Gasteiger partial charge in [-0.15, -0.1) is 0 Å². The zero-order valence-electron chi connectivity index (χ0n) is 12.9. The van der Waals surface area contributed by atoms with E-state index in [-0.39, 0.29) is 5.69 Å². The second-order valence-electron chi connectivity index (χ2n) is 5.49. The van der Waals surface area contributed by atoms with Crippen LogP contribution < -0.4 is 11.0 Å². The van der Waals surface area contributed by atoms with Crippen LogP contribution in [0, 0.1) is 0 Å². The fourth-order valence-electron chi connectivity index (χ4n) is 2.82. The lowest BCUT2D eigenvalue weighted by Gasteiger charge is -2.16. The smallest absolute Gasteiger partial charge is 0.313 e. The van der Waals surface area contributed by atoms with E-state index in [1.807, 2.05) is 21.1 Å². The summed E-state index contributed by atoms with van der Waals surface area (Å²) in [7, 11) is 5.66. The van der Waals surface area contributed by atoms with Crippen LogP contribution >= 0.6 is 0 Å². The molecule has 20 heavy (non-hydrogen) atoms. The van der Waals surface area contributed by atoms with Crippen LogP contribution in [-0.2, 0) is 14.1 Å². The first-order chi connectivity index (χ1) is 9.60.